The Balaban J connectivity index is 2.75. The third-order valence-corrected chi connectivity index (χ3v) is 2.75. The summed E-state index contributed by atoms with van der Waals surface area (Å²) in [6, 6.07) is 4.37. The van der Waals surface area contributed by atoms with Crippen LogP contribution in [0, 0.1) is 5.82 Å². The lowest BCUT2D eigenvalue weighted by Crippen LogP contribution is -2.18. The van der Waals surface area contributed by atoms with Crippen molar-refractivity contribution in [3.05, 3.63) is 29.6 Å². The van der Waals surface area contributed by atoms with Crippen LogP contribution in [0.2, 0.25) is 0 Å². The van der Waals surface area contributed by atoms with Crippen molar-refractivity contribution in [3.63, 3.8) is 0 Å². The van der Waals surface area contributed by atoms with Gasteiger partial charge in [0.2, 0.25) is 5.91 Å². The van der Waals surface area contributed by atoms with Crippen molar-refractivity contribution in [1.29, 1.82) is 0 Å². The van der Waals surface area contributed by atoms with Crippen LogP contribution in [0.4, 0.5) is 10.1 Å². The van der Waals surface area contributed by atoms with Gasteiger partial charge in [0.15, 0.2) is 0 Å². The van der Waals surface area contributed by atoms with Gasteiger partial charge in [0.1, 0.15) is 10.8 Å². The van der Waals surface area contributed by atoms with Crippen LogP contribution in [0.5, 0.6) is 0 Å². The molecule has 0 fully saturated rings. The molecular formula is C13H17FN2OS. The van der Waals surface area contributed by atoms with E-state index >= 15 is 0 Å². The number of hydrogen-bond acceptors (Lipinski definition) is 2. The number of rotatable bonds is 6. The van der Waals surface area contributed by atoms with Gasteiger partial charge in [-0.1, -0.05) is 38.0 Å². The number of unbranched alkanes of at least 4 members (excludes halogenated alkanes) is 2. The normalized spacial score (nSPS) is 10.1. The molecule has 1 aromatic carbocycles. The second-order valence-corrected chi connectivity index (χ2v) is 4.47. The van der Waals surface area contributed by atoms with Crippen LogP contribution in [0.1, 0.15) is 38.2 Å². The first-order chi connectivity index (χ1) is 8.56. The average molecular weight is 268 g/mol. The van der Waals surface area contributed by atoms with E-state index in [1.807, 2.05) is 0 Å². The van der Waals surface area contributed by atoms with Crippen molar-refractivity contribution in [2.24, 2.45) is 5.73 Å². The van der Waals surface area contributed by atoms with Crippen molar-refractivity contribution >= 4 is 28.8 Å². The van der Waals surface area contributed by atoms with Gasteiger partial charge < -0.3 is 11.1 Å². The van der Waals surface area contributed by atoms with Crippen molar-refractivity contribution in [2.45, 2.75) is 32.6 Å². The van der Waals surface area contributed by atoms with Gasteiger partial charge in [-0.15, -0.1) is 0 Å². The molecule has 98 valence electrons. The van der Waals surface area contributed by atoms with Gasteiger partial charge in [-0.2, -0.15) is 0 Å². The number of nitrogens with one attached hydrogen (secondary N) is 1. The van der Waals surface area contributed by atoms with Crippen LogP contribution >= 0.6 is 12.2 Å². The molecule has 3 nitrogen and oxygen atoms in total. The van der Waals surface area contributed by atoms with Gasteiger partial charge in [0.05, 0.1) is 11.3 Å². The molecule has 0 atom stereocenters. The maximum atomic E-state index is 13.5. The lowest BCUT2D eigenvalue weighted by Gasteiger charge is -2.10. The Morgan fingerprint density at radius 1 is 1.44 bits per heavy atom. The highest BCUT2D eigenvalue weighted by Gasteiger charge is 2.12. The third-order valence-electron chi connectivity index (χ3n) is 2.54. The Morgan fingerprint density at radius 3 is 2.78 bits per heavy atom. The molecular weight excluding hydrogens is 251 g/mol. The molecule has 0 saturated heterocycles. The first-order valence-corrected chi connectivity index (χ1v) is 6.35. The largest absolute Gasteiger partial charge is 0.389 e. The van der Waals surface area contributed by atoms with E-state index in [0.717, 1.165) is 19.3 Å². The molecule has 0 heterocycles. The molecule has 0 spiro atoms. The molecule has 5 heteroatoms. The number of carbonyl (C=O) groups is 1. The molecule has 0 bridgehead atoms. The minimum Gasteiger partial charge on any atom is -0.389 e. The monoisotopic (exact) mass is 268 g/mol. The number of thiocarbonyl (C=S) groups is 1. The van der Waals surface area contributed by atoms with E-state index in [1.54, 1.807) is 6.07 Å². The molecule has 0 saturated carbocycles. The van der Waals surface area contributed by atoms with Gasteiger partial charge in [0, 0.05) is 6.42 Å². The average Bonchev–Trinajstić information content (AvgIpc) is 2.28. The fraction of sp³-hybridized carbons (Fsp3) is 0.385. The van der Waals surface area contributed by atoms with Crippen LogP contribution in [-0.4, -0.2) is 10.9 Å². The summed E-state index contributed by atoms with van der Waals surface area (Å²) in [7, 11) is 0. The Labute approximate surface area is 112 Å². The summed E-state index contributed by atoms with van der Waals surface area (Å²) < 4.78 is 13.5. The molecule has 0 radical (unpaired) electrons. The first-order valence-electron chi connectivity index (χ1n) is 5.94. The van der Waals surface area contributed by atoms with Gasteiger partial charge in [0.25, 0.3) is 0 Å². The van der Waals surface area contributed by atoms with Crippen LogP contribution in [-0.2, 0) is 4.79 Å². The van der Waals surface area contributed by atoms with Crippen LogP contribution < -0.4 is 11.1 Å². The van der Waals surface area contributed by atoms with Gasteiger partial charge in [-0.3, -0.25) is 4.79 Å². The minimum atomic E-state index is -0.520. The number of benzene rings is 1. The predicted octanol–water partition coefficient (Wildman–Crippen LogP) is 2.98. The lowest BCUT2D eigenvalue weighted by molar-refractivity contribution is -0.116. The van der Waals surface area contributed by atoms with Crippen LogP contribution in [0.3, 0.4) is 0 Å². The second kappa shape index (κ2) is 7.06. The van der Waals surface area contributed by atoms with E-state index in [1.165, 1.54) is 12.1 Å². The van der Waals surface area contributed by atoms with Crippen molar-refractivity contribution in [3.8, 4) is 0 Å². The third kappa shape index (κ3) is 4.07. The Kier molecular flexibility index (Phi) is 5.71. The standard InChI is InChI=1S/C13H17FN2OS/c1-2-3-4-8-11(17)16-10-7-5-6-9(14)12(10)13(15)18/h5-7H,2-4,8H2,1H3,(H2,15,18)(H,16,17). The molecule has 0 aromatic heterocycles. The van der Waals surface area contributed by atoms with E-state index in [9.17, 15) is 9.18 Å². The highest BCUT2D eigenvalue weighted by atomic mass is 32.1. The number of hydrogen-bond donors (Lipinski definition) is 2. The molecule has 0 aliphatic rings. The molecule has 1 rings (SSSR count). The molecule has 1 aromatic rings. The Bertz CT molecular complexity index is 449. The van der Waals surface area contributed by atoms with E-state index in [2.05, 4.69) is 12.2 Å². The maximum Gasteiger partial charge on any atom is 0.224 e. The SMILES string of the molecule is CCCCCC(=O)Nc1cccc(F)c1C(N)=S. The fourth-order valence-electron chi connectivity index (χ4n) is 1.63. The summed E-state index contributed by atoms with van der Waals surface area (Å²) in [4.78, 5) is 11.6. The number of halogens is 1. The van der Waals surface area contributed by atoms with E-state index < -0.39 is 5.82 Å². The zero-order valence-electron chi connectivity index (χ0n) is 10.3. The smallest absolute Gasteiger partial charge is 0.224 e. The zero-order chi connectivity index (χ0) is 13.5. The molecule has 0 unspecified atom stereocenters. The first kappa shape index (κ1) is 14.6. The minimum absolute atomic E-state index is 0.0584. The summed E-state index contributed by atoms with van der Waals surface area (Å²) in [5.41, 5.74) is 5.88. The molecule has 3 N–H and O–H groups in total. The van der Waals surface area contributed by atoms with E-state index in [0.29, 0.717) is 12.1 Å². The van der Waals surface area contributed by atoms with Gasteiger partial charge in [-0.05, 0) is 18.6 Å². The predicted molar refractivity (Wildman–Crippen MR) is 75.1 cm³/mol. The van der Waals surface area contributed by atoms with Crippen molar-refractivity contribution in [2.75, 3.05) is 5.32 Å². The van der Waals surface area contributed by atoms with E-state index in [4.69, 9.17) is 18.0 Å². The lowest BCUT2D eigenvalue weighted by atomic mass is 10.1. The summed E-state index contributed by atoms with van der Waals surface area (Å²) in [5.74, 6) is -0.666. The molecule has 0 aliphatic heterocycles. The Hall–Kier alpha value is -1.49. The fourth-order valence-corrected chi connectivity index (χ4v) is 1.83. The highest BCUT2D eigenvalue weighted by molar-refractivity contribution is 7.80. The summed E-state index contributed by atoms with van der Waals surface area (Å²) >= 11 is 4.78. The molecule has 1 amide bonds. The molecule has 18 heavy (non-hydrogen) atoms. The summed E-state index contributed by atoms with van der Waals surface area (Å²) in [5, 5.41) is 2.65. The quantitative estimate of drug-likeness (QED) is 0.616. The summed E-state index contributed by atoms with van der Waals surface area (Å²) in [6.45, 7) is 2.06. The van der Waals surface area contributed by atoms with Crippen molar-refractivity contribution in [1.82, 2.24) is 0 Å². The van der Waals surface area contributed by atoms with Gasteiger partial charge >= 0.3 is 0 Å². The van der Waals surface area contributed by atoms with Gasteiger partial charge in [-0.25, -0.2) is 4.39 Å². The molecule has 0 aliphatic carbocycles. The van der Waals surface area contributed by atoms with Crippen LogP contribution in [0.15, 0.2) is 18.2 Å². The van der Waals surface area contributed by atoms with Crippen LogP contribution in [0.25, 0.3) is 0 Å². The topological polar surface area (TPSA) is 55.1 Å². The number of amides is 1. The van der Waals surface area contributed by atoms with E-state index in [-0.39, 0.29) is 16.5 Å². The van der Waals surface area contributed by atoms with Crippen molar-refractivity contribution < 1.29 is 9.18 Å². The highest BCUT2D eigenvalue weighted by Crippen LogP contribution is 2.19. The Morgan fingerprint density at radius 2 is 2.17 bits per heavy atom. The zero-order valence-corrected chi connectivity index (χ0v) is 11.1. The number of carbonyl (C=O) groups excluding carboxylic acids is 1. The number of anilines is 1. The summed E-state index contributed by atoms with van der Waals surface area (Å²) in [6.07, 6.45) is 3.28. The maximum absolute atomic E-state index is 13.5. The second-order valence-electron chi connectivity index (χ2n) is 4.03. The number of nitrogens with two attached hydrogens (primary N) is 1.